The number of aromatic nitrogens is 2. The molecule has 3 rings (SSSR count). The maximum absolute atomic E-state index is 12.6. The molecule has 2 heterocycles. The highest BCUT2D eigenvalue weighted by Crippen LogP contribution is 2.33. The molecule has 37 heavy (non-hydrogen) atoms. The van der Waals surface area contributed by atoms with Gasteiger partial charge in [0.15, 0.2) is 5.13 Å². The van der Waals surface area contributed by atoms with E-state index in [2.05, 4.69) is 47.3 Å². The predicted molar refractivity (Wildman–Crippen MR) is 159 cm³/mol. The zero-order chi connectivity index (χ0) is 26.9. The number of nitrogens with one attached hydrogen (secondary N) is 2. The Bertz CT molecular complexity index is 1340. The highest BCUT2D eigenvalue weighted by molar-refractivity contribution is 7.98. The van der Waals surface area contributed by atoms with Gasteiger partial charge in [-0.25, -0.2) is 4.98 Å². The molecule has 0 aliphatic carbocycles. The van der Waals surface area contributed by atoms with Crippen molar-refractivity contribution in [1.29, 1.82) is 0 Å². The van der Waals surface area contributed by atoms with Gasteiger partial charge >= 0.3 is 0 Å². The minimum absolute atomic E-state index is 0.149. The molecule has 194 valence electrons. The largest absolute Gasteiger partial charge is 0.343 e. The number of amides is 2. The maximum Gasteiger partial charge on any atom is 0.254 e. The van der Waals surface area contributed by atoms with Gasteiger partial charge < -0.3 is 10.6 Å². The number of hydrogen-bond acceptors (Lipinski definition) is 5. The van der Waals surface area contributed by atoms with E-state index in [0.29, 0.717) is 5.13 Å². The Kier molecular flexibility index (Phi) is 10.6. The Hall–Kier alpha value is -2.78. The van der Waals surface area contributed by atoms with Crippen LogP contribution in [0.2, 0.25) is 10.2 Å². The minimum Gasteiger partial charge on any atom is -0.343 e. The Morgan fingerprint density at radius 2 is 2.08 bits per heavy atom. The molecule has 0 fully saturated rings. The molecule has 1 aromatic carbocycles. The van der Waals surface area contributed by atoms with E-state index >= 15 is 0 Å². The Labute approximate surface area is 235 Å². The molecule has 0 aliphatic rings. The second-order valence-corrected chi connectivity index (χ2v) is 11.3. The van der Waals surface area contributed by atoms with Crippen LogP contribution in [-0.4, -0.2) is 32.6 Å². The highest BCUT2D eigenvalue weighted by Gasteiger charge is 2.20. The number of carbonyl (C=O) groups is 2. The van der Waals surface area contributed by atoms with E-state index in [-0.39, 0.29) is 27.5 Å². The standard InChI is InChI=1S/C27H28Cl2N4O2S2/c1-5-7-10-18(9-6-2)19-11-8-12-20(13-19)22-16-36-27(31-22)32-23(34)14-30-26(35)21-15-33(37-17(3)4)25(29)24(21)28/h6-13,15-17H,2,5,14H2,1,3-4H3,(H,30,35)(H,31,32,34)/b10-7-,18-9+. The number of halogens is 2. The summed E-state index contributed by atoms with van der Waals surface area (Å²) in [5.41, 5.74) is 3.98. The molecule has 0 atom stereocenters. The molecule has 0 saturated heterocycles. The zero-order valence-corrected chi connectivity index (χ0v) is 23.9. The molecule has 2 aromatic heterocycles. The van der Waals surface area contributed by atoms with Crippen LogP contribution in [0.4, 0.5) is 5.13 Å². The van der Waals surface area contributed by atoms with E-state index in [1.54, 1.807) is 16.2 Å². The van der Waals surface area contributed by atoms with E-state index in [1.165, 1.54) is 23.3 Å². The molecule has 0 saturated carbocycles. The van der Waals surface area contributed by atoms with Crippen LogP contribution in [0.15, 0.2) is 66.7 Å². The molecule has 10 heteroatoms. The number of thiazole rings is 1. The quantitative estimate of drug-likeness (QED) is 0.230. The summed E-state index contributed by atoms with van der Waals surface area (Å²) in [7, 11) is 0. The summed E-state index contributed by atoms with van der Waals surface area (Å²) in [6.07, 6.45) is 10.4. The molecule has 0 radical (unpaired) electrons. The van der Waals surface area contributed by atoms with Crippen molar-refractivity contribution in [2.45, 2.75) is 32.4 Å². The predicted octanol–water partition coefficient (Wildman–Crippen LogP) is 7.73. The number of nitrogens with zero attached hydrogens (tertiary/aromatic N) is 2. The second-order valence-electron chi connectivity index (χ2n) is 8.15. The number of rotatable bonds is 11. The Morgan fingerprint density at radius 1 is 1.30 bits per heavy atom. The SMILES string of the molecule is C=C/C=C(\C=C/CC)c1cccc(-c2csc(NC(=O)CNC(=O)c3cn(SC(C)C)c(Cl)c3Cl)n2)c1. The fourth-order valence-corrected chi connectivity index (χ4v) is 5.35. The first-order valence-corrected chi connectivity index (χ1v) is 14.1. The summed E-state index contributed by atoms with van der Waals surface area (Å²) in [5.74, 6) is -0.885. The molecular weight excluding hydrogens is 547 g/mol. The molecule has 0 unspecified atom stereocenters. The molecule has 3 aromatic rings. The maximum atomic E-state index is 12.6. The summed E-state index contributed by atoms with van der Waals surface area (Å²) in [6, 6.07) is 8.03. The minimum atomic E-state index is -0.484. The van der Waals surface area contributed by atoms with Crippen LogP contribution in [0, 0.1) is 0 Å². The molecule has 0 spiro atoms. The molecular formula is C27H28Cl2N4O2S2. The molecule has 6 nitrogen and oxygen atoms in total. The van der Waals surface area contributed by atoms with Crippen molar-refractivity contribution in [3.05, 3.63) is 88.0 Å². The number of hydrogen-bond donors (Lipinski definition) is 2. The summed E-state index contributed by atoms with van der Waals surface area (Å²) >= 11 is 15.2. The summed E-state index contributed by atoms with van der Waals surface area (Å²) in [6.45, 7) is 9.66. The fourth-order valence-electron chi connectivity index (χ4n) is 3.26. The van der Waals surface area contributed by atoms with Crippen LogP contribution in [0.5, 0.6) is 0 Å². The average Bonchev–Trinajstić information content (AvgIpc) is 3.45. The van der Waals surface area contributed by atoms with Gasteiger partial charge in [0, 0.05) is 22.4 Å². The first kappa shape index (κ1) is 28.8. The molecule has 0 bridgehead atoms. The summed E-state index contributed by atoms with van der Waals surface area (Å²) in [4.78, 5) is 29.6. The lowest BCUT2D eigenvalue weighted by molar-refractivity contribution is -0.115. The van der Waals surface area contributed by atoms with Crippen LogP contribution in [-0.2, 0) is 4.79 Å². The second kappa shape index (κ2) is 13.7. The van der Waals surface area contributed by atoms with Gasteiger partial charge in [0.25, 0.3) is 5.91 Å². The van der Waals surface area contributed by atoms with Crippen LogP contribution in [0.25, 0.3) is 16.8 Å². The van der Waals surface area contributed by atoms with Gasteiger partial charge in [-0.3, -0.25) is 13.6 Å². The van der Waals surface area contributed by atoms with E-state index in [4.69, 9.17) is 23.2 Å². The molecule has 2 N–H and O–H groups in total. The number of carbonyl (C=O) groups excluding carboxylic acids is 2. The van der Waals surface area contributed by atoms with Crippen molar-refractivity contribution in [3.8, 4) is 11.3 Å². The van der Waals surface area contributed by atoms with Gasteiger partial charge in [0.05, 0.1) is 22.8 Å². The van der Waals surface area contributed by atoms with Gasteiger partial charge in [-0.1, -0.05) is 93.1 Å². The topological polar surface area (TPSA) is 76.0 Å². The van der Waals surface area contributed by atoms with Crippen LogP contribution >= 0.6 is 46.5 Å². The van der Waals surface area contributed by atoms with Gasteiger partial charge in [0.1, 0.15) is 5.15 Å². The van der Waals surface area contributed by atoms with Crippen molar-refractivity contribution in [2.24, 2.45) is 0 Å². The molecule has 2 amide bonds. The first-order chi connectivity index (χ1) is 17.7. The van der Waals surface area contributed by atoms with Gasteiger partial charge in [-0.05, 0) is 35.6 Å². The van der Waals surface area contributed by atoms with Crippen molar-refractivity contribution in [2.75, 3.05) is 11.9 Å². The fraction of sp³-hybridized carbons (Fsp3) is 0.222. The van der Waals surface area contributed by atoms with Crippen molar-refractivity contribution >= 4 is 69.0 Å². The Morgan fingerprint density at radius 3 is 2.78 bits per heavy atom. The average molecular weight is 576 g/mol. The number of benzene rings is 1. The third-order valence-corrected chi connectivity index (χ3v) is 7.55. The van der Waals surface area contributed by atoms with E-state index in [1.807, 2.05) is 43.5 Å². The Balaban J connectivity index is 1.64. The van der Waals surface area contributed by atoms with Crippen molar-refractivity contribution in [3.63, 3.8) is 0 Å². The lowest BCUT2D eigenvalue weighted by Gasteiger charge is -2.06. The summed E-state index contributed by atoms with van der Waals surface area (Å²) < 4.78 is 1.64. The van der Waals surface area contributed by atoms with Crippen molar-refractivity contribution < 1.29 is 9.59 Å². The monoisotopic (exact) mass is 574 g/mol. The van der Waals surface area contributed by atoms with Crippen LogP contribution in [0.1, 0.15) is 43.1 Å². The van der Waals surface area contributed by atoms with Gasteiger partial charge in [-0.2, -0.15) is 0 Å². The lowest BCUT2D eigenvalue weighted by atomic mass is 10.0. The number of anilines is 1. The van der Waals surface area contributed by atoms with Gasteiger partial charge in [-0.15, -0.1) is 11.3 Å². The normalized spacial score (nSPS) is 11.8. The summed E-state index contributed by atoms with van der Waals surface area (Å²) in [5, 5.41) is 8.29. The third-order valence-electron chi connectivity index (χ3n) is 4.91. The smallest absolute Gasteiger partial charge is 0.254 e. The van der Waals surface area contributed by atoms with E-state index < -0.39 is 11.8 Å². The van der Waals surface area contributed by atoms with Crippen LogP contribution < -0.4 is 10.6 Å². The van der Waals surface area contributed by atoms with Gasteiger partial charge in [0.2, 0.25) is 5.91 Å². The first-order valence-electron chi connectivity index (χ1n) is 11.6. The van der Waals surface area contributed by atoms with E-state index in [0.717, 1.165) is 28.8 Å². The molecule has 0 aliphatic heterocycles. The van der Waals surface area contributed by atoms with Crippen molar-refractivity contribution in [1.82, 2.24) is 14.3 Å². The van der Waals surface area contributed by atoms with Crippen LogP contribution in [0.3, 0.4) is 0 Å². The lowest BCUT2D eigenvalue weighted by Crippen LogP contribution is -2.32. The van der Waals surface area contributed by atoms with E-state index in [9.17, 15) is 9.59 Å². The highest BCUT2D eigenvalue weighted by atomic mass is 35.5. The zero-order valence-electron chi connectivity index (χ0n) is 20.8. The number of allylic oxidation sites excluding steroid dienone is 5. The third kappa shape index (κ3) is 7.85.